The number of hydrogen-bond acceptors (Lipinski definition) is 5. The van der Waals surface area contributed by atoms with Crippen molar-refractivity contribution in [2.75, 3.05) is 13.1 Å². The molecule has 1 amide bonds. The van der Waals surface area contributed by atoms with Crippen LogP contribution in [0, 0.1) is 0 Å². The molecule has 22 heavy (non-hydrogen) atoms. The summed E-state index contributed by atoms with van der Waals surface area (Å²) in [5.74, 6) is 0. The Labute approximate surface area is 129 Å². The lowest BCUT2D eigenvalue weighted by molar-refractivity contribution is 0.0274. The number of carbonyl (C=O) groups is 1. The zero-order valence-corrected chi connectivity index (χ0v) is 13.2. The molecule has 0 spiro atoms. The third-order valence-electron chi connectivity index (χ3n) is 2.99. The first kappa shape index (κ1) is 16.0. The molecule has 2 rings (SSSR count). The SMILES string of the molecule is C=CCN(CCc1ccc2nonc2c1)C(=O)OC(C)(C)C. The standard InChI is InChI=1S/C16H21N3O3/c1-5-9-19(15(20)21-16(2,3)4)10-8-12-6-7-13-14(11-12)18-22-17-13/h5-7,11H,1,8-10H2,2-4H3. The highest BCUT2D eigenvalue weighted by Crippen LogP contribution is 2.14. The number of aromatic nitrogens is 2. The lowest BCUT2D eigenvalue weighted by atomic mass is 10.1. The van der Waals surface area contributed by atoms with E-state index in [1.807, 2.05) is 39.0 Å². The minimum atomic E-state index is -0.512. The number of hydrogen-bond donors (Lipinski definition) is 0. The lowest BCUT2D eigenvalue weighted by Gasteiger charge is -2.26. The Bertz CT molecular complexity index is 658. The lowest BCUT2D eigenvalue weighted by Crippen LogP contribution is -2.38. The summed E-state index contributed by atoms with van der Waals surface area (Å²) in [7, 11) is 0. The first-order chi connectivity index (χ1) is 10.4. The fraction of sp³-hybridized carbons (Fsp3) is 0.438. The largest absolute Gasteiger partial charge is 0.444 e. The average Bonchev–Trinajstić information content (AvgIpc) is 2.88. The van der Waals surface area contributed by atoms with E-state index in [1.54, 1.807) is 11.0 Å². The van der Waals surface area contributed by atoms with E-state index in [4.69, 9.17) is 4.74 Å². The van der Waals surface area contributed by atoms with Crippen LogP contribution in [0.25, 0.3) is 11.0 Å². The average molecular weight is 303 g/mol. The van der Waals surface area contributed by atoms with Crippen molar-refractivity contribution in [1.29, 1.82) is 0 Å². The highest BCUT2D eigenvalue weighted by atomic mass is 16.6. The summed E-state index contributed by atoms with van der Waals surface area (Å²) in [4.78, 5) is 13.8. The second-order valence-electron chi connectivity index (χ2n) is 6.05. The van der Waals surface area contributed by atoms with Crippen molar-refractivity contribution in [1.82, 2.24) is 15.2 Å². The third kappa shape index (κ3) is 4.31. The monoisotopic (exact) mass is 303 g/mol. The molecule has 1 aromatic heterocycles. The zero-order valence-electron chi connectivity index (χ0n) is 13.2. The van der Waals surface area contributed by atoms with Crippen LogP contribution in [0.4, 0.5) is 4.79 Å². The van der Waals surface area contributed by atoms with Gasteiger partial charge in [0.2, 0.25) is 0 Å². The van der Waals surface area contributed by atoms with Gasteiger partial charge in [0, 0.05) is 13.1 Å². The van der Waals surface area contributed by atoms with Gasteiger partial charge in [0.25, 0.3) is 0 Å². The molecule has 1 heterocycles. The predicted molar refractivity (Wildman–Crippen MR) is 83.5 cm³/mol. The molecule has 0 bridgehead atoms. The Morgan fingerprint density at radius 1 is 1.36 bits per heavy atom. The van der Waals surface area contributed by atoms with E-state index in [1.165, 1.54) is 0 Å². The molecule has 1 aromatic carbocycles. The molecule has 0 unspecified atom stereocenters. The molecule has 0 aliphatic rings. The van der Waals surface area contributed by atoms with Gasteiger partial charge in [-0.3, -0.25) is 0 Å². The molecule has 0 saturated carbocycles. The van der Waals surface area contributed by atoms with E-state index < -0.39 is 5.60 Å². The summed E-state index contributed by atoms with van der Waals surface area (Å²) in [6.45, 7) is 10.2. The van der Waals surface area contributed by atoms with Crippen LogP contribution in [-0.4, -0.2) is 40.0 Å². The quantitative estimate of drug-likeness (QED) is 0.793. The molecule has 0 radical (unpaired) electrons. The summed E-state index contributed by atoms with van der Waals surface area (Å²) in [6, 6.07) is 5.72. The molecule has 0 fully saturated rings. The summed E-state index contributed by atoms with van der Waals surface area (Å²) in [5.41, 5.74) is 1.98. The molecule has 118 valence electrons. The fourth-order valence-electron chi connectivity index (χ4n) is 1.99. The molecule has 0 aliphatic heterocycles. The highest BCUT2D eigenvalue weighted by Gasteiger charge is 2.21. The first-order valence-corrected chi connectivity index (χ1v) is 7.19. The molecular formula is C16H21N3O3. The van der Waals surface area contributed by atoms with Crippen LogP contribution < -0.4 is 0 Å². The first-order valence-electron chi connectivity index (χ1n) is 7.19. The molecule has 0 saturated heterocycles. The number of fused-ring (bicyclic) bond motifs is 1. The minimum Gasteiger partial charge on any atom is -0.444 e. The topological polar surface area (TPSA) is 68.5 Å². The fourth-order valence-corrected chi connectivity index (χ4v) is 1.99. The highest BCUT2D eigenvalue weighted by molar-refractivity contribution is 5.73. The maximum absolute atomic E-state index is 12.2. The molecule has 0 aliphatic carbocycles. The number of ether oxygens (including phenoxy) is 1. The molecule has 0 atom stereocenters. The Morgan fingerprint density at radius 2 is 2.09 bits per heavy atom. The van der Waals surface area contributed by atoms with Crippen LogP contribution in [0.2, 0.25) is 0 Å². The Hall–Kier alpha value is -2.37. The minimum absolute atomic E-state index is 0.336. The number of amides is 1. The zero-order chi connectivity index (χ0) is 16.2. The van der Waals surface area contributed by atoms with Gasteiger partial charge in [-0.05, 0) is 55.2 Å². The van der Waals surface area contributed by atoms with Gasteiger partial charge in [0.15, 0.2) is 0 Å². The van der Waals surface area contributed by atoms with E-state index in [0.717, 1.165) is 11.1 Å². The second kappa shape index (κ2) is 6.60. The van der Waals surface area contributed by atoms with E-state index in [9.17, 15) is 4.79 Å². The maximum Gasteiger partial charge on any atom is 0.410 e. The summed E-state index contributed by atoms with van der Waals surface area (Å²) in [5, 5.41) is 7.59. The number of rotatable bonds is 5. The van der Waals surface area contributed by atoms with Crippen LogP contribution in [0.3, 0.4) is 0 Å². The van der Waals surface area contributed by atoms with E-state index in [2.05, 4.69) is 21.5 Å². The van der Waals surface area contributed by atoms with Crippen LogP contribution >= 0.6 is 0 Å². The maximum atomic E-state index is 12.2. The van der Waals surface area contributed by atoms with Gasteiger partial charge in [0.05, 0.1) is 0 Å². The summed E-state index contributed by atoms with van der Waals surface area (Å²) < 4.78 is 10.1. The van der Waals surface area contributed by atoms with Gasteiger partial charge < -0.3 is 9.64 Å². The number of nitrogens with zero attached hydrogens (tertiary/aromatic N) is 3. The Kier molecular flexibility index (Phi) is 4.80. The second-order valence-corrected chi connectivity index (χ2v) is 6.05. The van der Waals surface area contributed by atoms with Gasteiger partial charge in [-0.25, -0.2) is 9.42 Å². The van der Waals surface area contributed by atoms with E-state index >= 15 is 0 Å². The number of benzene rings is 1. The normalized spacial score (nSPS) is 11.4. The molecule has 0 N–H and O–H groups in total. The van der Waals surface area contributed by atoms with Gasteiger partial charge in [-0.1, -0.05) is 12.1 Å². The molecular weight excluding hydrogens is 282 g/mol. The van der Waals surface area contributed by atoms with E-state index in [-0.39, 0.29) is 6.09 Å². The number of carbonyl (C=O) groups excluding carboxylic acids is 1. The van der Waals surface area contributed by atoms with Gasteiger partial charge in [-0.2, -0.15) is 0 Å². The molecule has 6 nitrogen and oxygen atoms in total. The van der Waals surface area contributed by atoms with Crippen LogP contribution in [0.5, 0.6) is 0 Å². The van der Waals surface area contributed by atoms with Crippen molar-refractivity contribution in [2.24, 2.45) is 0 Å². The van der Waals surface area contributed by atoms with Gasteiger partial charge in [0.1, 0.15) is 16.6 Å². The Morgan fingerprint density at radius 3 is 2.77 bits per heavy atom. The van der Waals surface area contributed by atoms with Gasteiger partial charge >= 0.3 is 6.09 Å². The Balaban J connectivity index is 2.01. The van der Waals surface area contributed by atoms with Crippen molar-refractivity contribution >= 4 is 17.1 Å². The van der Waals surface area contributed by atoms with Crippen LogP contribution in [0.1, 0.15) is 26.3 Å². The van der Waals surface area contributed by atoms with Crippen molar-refractivity contribution < 1.29 is 14.2 Å². The van der Waals surface area contributed by atoms with Gasteiger partial charge in [-0.15, -0.1) is 6.58 Å². The summed E-state index contributed by atoms with van der Waals surface area (Å²) >= 11 is 0. The summed E-state index contributed by atoms with van der Waals surface area (Å²) in [6.07, 6.45) is 2.04. The predicted octanol–water partition coefficient (Wildman–Crippen LogP) is 3.19. The third-order valence-corrected chi connectivity index (χ3v) is 2.99. The van der Waals surface area contributed by atoms with Crippen molar-refractivity contribution in [3.63, 3.8) is 0 Å². The van der Waals surface area contributed by atoms with Crippen LogP contribution in [-0.2, 0) is 11.2 Å². The van der Waals surface area contributed by atoms with Crippen molar-refractivity contribution in [3.05, 3.63) is 36.4 Å². The molecule has 2 aromatic rings. The smallest absolute Gasteiger partial charge is 0.410 e. The molecule has 6 heteroatoms. The van der Waals surface area contributed by atoms with Crippen LogP contribution in [0.15, 0.2) is 35.5 Å². The van der Waals surface area contributed by atoms with Crippen molar-refractivity contribution in [3.8, 4) is 0 Å². The van der Waals surface area contributed by atoms with E-state index in [0.29, 0.717) is 25.0 Å². The van der Waals surface area contributed by atoms with Crippen molar-refractivity contribution in [2.45, 2.75) is 32.8 Å².